The minimum absolute atomic E-state index is 0.320. The highest BCUT2D eigenvalue weighted by atomic mass is 16.7. The van der Waals surface area contributed by atoms with Crippen LogP contribution in [-0.2, 0) is 9.47 Å². The summed E-state index contributed by atoms with van der Waals surface area (Å²) in [7, 11) is 0. The van der Waals surface area contributed by atoms with Crippen molar-refractivity contribution >= 4 is 0 Å². The third-order valence-electron chi connectivity index (χ3n) is 2.95. The predicted molar refractivity (Wildman–Crippen MR) is 66.0 cm³/mol. The van der Waals surface area contributed by atoms with Gasteiger partial charge in [0.25, 0.3) is 0 Å². The molecule has 19 heavy (non-hydrogen) atoms. The van der Waals surface area contributed by atoms with E-state index in [1.807, 2.05) is 0 Å². The monoisotopic (exact) mass is 280 g/mol. The van der Waals surface area contributed by atoms with Crippen molar-refractivity contribution in [3.05, 3.63) is 0 Å². The molecule has 0 spiro atoms. The summed E-state index contributed by atoms with van der Waals surface area (Å²) in [5.41, 5.74) is 5.36. The molecule has 1 fully saturated rings. The van der Waals surface area contributed by atoms with Gasteiger partial charge in [-0.15, -0.1) is 0 Å². The fourth-order valence-corrected chi connectivity index (χ4v) is 1.96. The molecule has 6 atom stereocenters. The molecule has 0 saturated carbocycles. The van der Waals surface area contributed by atoms with E-state index in [1.54, 1.807) is 0 Å². The first-order valence-corrected chi connectivity index (χ1v) is 6.39. The van der Waals surface area contributed by atoms with Crippen molar-refractivity contribution < 1.29 is 29.9 Å². The molecule has 0 aromatic carbocycles. The number of hydrogen-bond donors (Lipinski definition) is 6. The van der Waals surface area contributed by atoms with Crippen LogP contribution in [0.1, 0.15) is 13.3 Å². The zero-order valence-corrected chi connectivity index (χ0v) is 11.0. The van der Waals surface area contributed by atoms with Gasteiger partial charge in [-0.3, -0.25) is 5.32 Å². The van der Waals surface area contributed by atoms with Crippen LogP contribution in [0.3, 0.4) is 0 Å². The predicted octanol–water partition coefficient (Wildman–Crippen LogP) is -2.91. The number of aliphatic hydroxyl groups excluding tert-OH is 4. The lowest BCUT2D eigenvalue weighted by atomic mass is 9.97. The molecule has 114 valence electrons. The fraction of sp³-hybridized carbons (Fsp3) is 1.00. The van der Waals surface area contributed by atoms with Crippen LogP contribution >= 0.6 is 0 Å². The Morgan fingerprint density at radius 3 is 2.58 bits per heavy atom. The van der Waals surface area contributed by atoms with Gasteiger partial charge in [-0.2, -0.15) is 0 Å². The molecule has 8 nitrogen and oxygen atoms in total. The molecule has 1 aliphatic heterocycles. The molecule has 7 N–H and O–H groups in total. The van der Waals surface area contributed by atoms with Crippen molar-refractivity contribution in [2.75, 3.05) is 19.8 Å². The second-order valence-corrected chi connectivity index (χ2v) is 4.59. The highest BCUT2D eigenvalue weighted by Crippen LogP contribution is 2.22. The van der Waals surface area contributed by atoms with Crippen LogP contribution in [0.2, 0.25) is 0 Å². The van der Waals surface area contributed by atoms with Gasteiger partial charge in [-0.05, 0) is 19.9 Å². The van der Waals surface area contributed by atoms with Gasteiger partial charge in [-0.1, -0.05) is 0 Å². The Balaban J connectivity index is 2.68. The van der Waals surface area contributed by atoms with Gasteiger partial charge in [0.05, 0.1) is 19.3 Å². The summed E-state index contributed by atoms with van der Waals surface area (Å²) < 4.78 is 10.8. The van der Waals surface area contributed by atoms with Crippen LogP contribution in [-0.4, -0.2) is 77.1 Å². The summed E-state index contributed by atoms with van der Waals surface area (Å²) in [6.45, 7) is 1.82. The van der Waals surface area contributed by atoms with Gasteiger partial charge in [0.2, 0.25) is 0 Å². The smallest absolute Gasteiger partial charge is 0.176 e. The number of aliphatic hydroxyl groups is 4. The first-order chi connectivity index (χ1) is 9.01. The molecule has 1 saturated heterocycles. The maximum absolute atomic E-state index is 10.00. The Labute approximate surface area is 112 Å². The SMILES string of the molecule is CC(O)N[C@H]1[C@H](OCCCN)O[C@H](CO)[C@H](O)[C@@H]1O. The Morgan fingerprint density at radius 2 is 2.05 bits per heavy atom. The average molecular weight is 280 g/mol. The third kappa shape index (κ3) is 4.62. The number of nitrogens with two attached hydrogens (primary N) is 1. The van der Waals surface area contributed by atoms with E-state index in [-0.39, 0.29) is 0 Å². The number of nitrogens with one attached hydrogen (secondary N) is 1. The number of hydrogen-bond acceptors (Lipinski definition) is 8. The topological polar surface area (TPSA) is 137 Å². The lowest BCUT2D eigenvalue weighted by molar-refractivity contribution is -0.273. The largest absolute Gasteiger partial charge is 0.394 e. The maximum Gasteiger partial charge on any atom is 0.176 e. The maximum atomic E-state index is 10.00. The first-order valence-electron chi connectivity index (χ1n) is 6.39. The van der Waals surface area contributed by atoms with E-state index in [0.29, 0.717) is 19.6 Å². The Morgan fingerprint density at radius 1 is 1.37 bits per heavy atom. The van der Waals surface area contributed by atoms with Crippen LogP contribution in [0.4, 0.5) is 0 Å². The quantitative estimate of drug-likeness (QED) is 0.216. The molecule has 0 amide bonds. The molecule has 0 radical (unpaired) electrons. The zero-order chi connectivity index (χ0) is 14.4. The van der Waals surface area contributed by atoms with E-state index in [9.17, 15) is 15.3 Å². The summed E-state index contributed by atoms with van der Waals surface area (Å²) in [4.78, 5) is 0. The molecular weight excluding hydrogens is 256 g/mol. The minimum atomic E-state index is -1.25. The molecule has 1 rings (SSSR count). The molecular formula is C11H24N2O6. The van der Waals surface area contributed by atoms with Crippen molar-refractivity contribution in [2.24, 2.45) is 5.73 Å². The summed E-state index contributed by atoms with van der Waals surface area (Å²) in [6.07, 6.45) is -4.56. The molecule has 0 aromatic heterocycles. The minimum Gasteiger partial charge on any atom is -0.394 e. The first kappa shape index (κ1) is 16.7. The van der Waals surface area contributed by atoms with Gasteiger partial charge in [-0.25, -0.2) is 0 Å². The van der Waals surface area contributed by atoms with Crippen LogP contribution in [0.25, 0.3) is 0 Å². The van der Waals surface area contributed by atoms with E-state index >= 15 is 0 Å². The van der Waals surface area contributed by atoms with E-state index < -0.39 is 43.5 Å². The van der Waals surface area contributed by atoms with E-state index in [2.05, 4.69) is 5.32 Å². The van der Waals surface area contributed by atoms with Gasteiger partial charge >= 0.3 is 0 Å². The average Bonchev–Trinajstić information content (AvgIpc) is 2.37. The van der Waals surface area contributed by atoms with Gasteiger partial charge in [0.1, 0.15) is 24.5 Å². The Kier molecular flexibility index (Phi) is 7.11. The number of ether oxygens (including phenoxy) is 2. The van der Waals surface area contributed by atoms with Crippen LogP contribution in [0.5, 0.6) is 0 Å². The molecule has 1 aliphatic rings. The van der Waals surface area contributed by atoms with Gasteiger partial charge < -0.3 is 35.6 Å². The van der Waals surface area contributed by atoms with Crippen LogP contribution < -0.4 is 11.1 Å². The van der Waals surface area contributed by atoms with Gasteiger partial charge in [0, 0.05) is 0 Å². The van der Waals surface area contributed by atoms with Crippen molar-refractivity contribution in [3.8, 4) is 0 Å². The summed E-state index contributed by atoms with van der Waals surface area (Å²) in [5, 5.41) is 40.9. The van der Waals surface area contributed by atoms with Crippen LogP contribution in [0.15, 0.2) is 0 Å². The highest BCUT2D eigenvalue weighted by Gasteiger charge is 2.45. The van der Waals surface area contributed by atoms with Crippen molar-refractivity contribution in [3.63, 3.8) is 0 Å². The highest BCUT2D eigenvalue weighted by molar-refractivity contribution is 4.93. The Bertz CT molecular complexity index is 255. The molecule has 1 unspecified atom stereocenters. The molecule has 0 aromatic rings. The normalized spacial score (nSPS) is 37.3. The molecule has 8 heteroatoms. The third-order valence-corrected chi connectivity index (χ3v) is 2.95. The van der Waals surface area contributed by atoms with Crippen LogP contribution in [0, 0.1) is 0 Å². The second-order valence-electron chi connectivity index (χ2n) is 4.59. The van der Waals surface area contributed by atoms with Gasteiger partial charge in [0.15, 0.2) is 6.29 Å². The molecule has 0 aliphatic carbocycles. The molecule has 0 bridgehead atoms. The standard InChI is InChI=1S/C11H24N2O6/c1-6(15)13-8-10(17)9(16)7(5-14)19-11(8)18-4-2-3-12/h6-11,13-17H,2-5,12H2,1H3/t6?,7-,8-,9+,10-,11-/m1/s1. The lowest BCUT2D eigenvalue weighted by Gasteiger charge is -2.42. The number of rotatable bonds is 7. The summed E-state index contributed by atoms with van der Waals surface area (Å²) in [5.74, 6) is 0. The van der Waals surface area contributed by atoms with Crippen molar-refractivity contribution in [2.45, 2.75) is 50.2 Å². The van der Waals surface area contributed by atoms with E-state index in [0.717, 1.165) is 0 Å². The van der Waals surface area contributed by atoms with E-state index in [1.165, 1.54) is 6.92 Å². The fourth-order valence-electron chi connectivity index (χ4n) is 1.96. The van der Waals surface area contributed by atoms with E-state index in [4.69, 9.17) is 20.3 Å². The summed E-state index contributed by atoms with van der Waals surface area (Å²) >= 11 is 0. The van der Waals surface area contributed by atoms with Crippen molar-refractivity contribution in [1.82, 2.24) is 5.32 Å². The summed E-state index contributed by atoms with van der Waals surface area (Å²) in [6, 6.07) is -0.796. The lowest BCUT2D eigenvalue weighted by Crippen LogP contribution is -2.65. The van der Waals surface area contributed by atoms with Crippen molar-refractivity contribution in [1.29, 1.82) is 0 Å². The Hall–Kier alpha value is -0.320. The second kappa shape index (κ2) is 8.08. The molecule has 1 heterocycles. The zero-order valence-electron chi connectivity index (χ0n) is 11.0.